The third kappa shape index (κ3) is 3.69. The first-order valence-electron chi connectivity index (χ1n) is 7.67. The van der Waals surface area contributed by atoms with Gasteiger partial charge in [0.05, 0.1) is 11.8 Å². The van der Waals surface area contributed by atoms with E-state index in [-0.39, 0.29) is 5.56 Å². The van der Waals surface area contributed by atoms with E-state index in [0.29, 0.717) is 0 Å². The van der Waals surface area contributed by atoms with Gasteiger partial charge in [-0.05, 0) is 24.3 Å². The highest BCUT2D eigenvalue weighted by Crippen LogP contribution is 2.19. The van der Waals surface area contributed by atoms with Crippen LogP contribution in [0.15, 0.2) is 16.5 Å². The van der Waals surface area contributed by atoms with Gasteiger partial charge in [-0.2, -0.15) is 0 Å². The highest BCUT2D eigenvalue weighted by molar-refractivity contribution is 7.17. The molecular weight excluding hydrogens is 268 g/mol. The number of hydrogen-bond donors (Lipinski definition) is 0. The lowest BCUT2D eigenvalue weighted by molar-refractivity contribution is 0.541. The standard InChI is InChI=1S/C16H24N2OS/c1-3-4-5-6-7-8-9-10-18-12-17-14-13(2)11-20-15(14)16(18)19/h11-12H,3-10H2,1-2H3. The Morgan fingerprint density at radius 1 is 1.15 bits per heavy atom. The first kappa shape index (κ1) is 15.2. The Bertz CT molecular complexity index is 600. The Kier molecular flexibility index (Phi) is 5.77. The summed E-state index contributed by atoms with van der Waals surface area (Å²) in [6, 6.07) is 0. The van der Waals surface area contributed by atoms with Crippen LogP contribution in [0.2, 0.25) is 0 Å². The zero-order valence-electron chi connectivity index (χ0n) is 12.5. The molecule has 20 heavy (non-hydrogen) atoms. The van der Waals surface area contributed by atoms with Crippen LogP contribution in [0, 0.1) is 6.92 Å². The number of thiophene rings is 1. The topological polar surface area (TPSA) is 34.9 Å². The SMILES string of the molecule is CCCCCCCCCn1cnc2c(C)csc2c1=O. The lowest BCUT2D eigenvalue weighted by Crippen LogP contribution is -2.19. The van der Waals surface area contributed by atoms with Gasteiger partial charge < -0.3 is 0 Å². The molecule has 0 N–H and O–H groups in total. The Hall–Kier alpha value is -1.16. The molecule has 0 radical (unpaired) electrons. The van der Waals surface area contributed by atoms with Crippen molar-refractivity contribution in [3.05, 3.63) is 27.6 Å². The smallest absolute Gasteiger partial charge is 0.271 e. The maximum Gasteiger partial charge on any atom is 0.271 e. The summed E-state index contributed by atoms with van der Waals surface area (Å²) in [6.45, 7) is 5.04. The van der Waals surface area contributed by atoms with Crippen molar-refractivity contribution >= 4 is 21.6 Å². The maximum absolute atomic E-state index is 12.3. The maximum atomic E-state index is 12.3. The van der Waals surface area contributed by atoms with Gasteiger partial charge >= 0.3 is 0 Å². The van der Waals surface area contributed by atoms with Gasteiger partial charge in [-0.3, -0.25) is 9.36 Å². The molecule has 0 fully saturated rings. The van der Waals surface area contributed by atoms with Gasteiger partial charge in [0.15, 0.2) is 0 Å². The number of nitrogens with zero attached hydrogens (tertiary/aromatic N) is 2. The van der Waals surface area contributed by atoms with Gasteiger partial charge in [-0.1, -0.05) is 45.4 Å². The van der Waals surface area contributed by atoms with E-state index in [1.54, 1.807) is 10.9 Å². The minimum atomic E-state index is 0.124. The molecule has 0 saturated heterocycles. The van der Waals surface area contributed by atoms with Crippen molar-refractivity contribution in [1.82, 2.24) is 9.55 Å². The van der Waals surface area contributed by atoms with Gasteiger partial charge in [0, 0.05) is 6.54 Å². The summed E-state index contributed by atoms with van der Waals surface area (Å²) in [4.78, 5) is 16.7. The van der Waals surface area contributed by atoms with E-state index in [4.69, 9.17) is 0 Å². The number of fused-ring (bicyclic) bond motifs is 1. The molecule has 0 spiro atoms. The predicted octanol–water partition coefficient (Wildman–Crippen LogP) is 4.52. The van der Waals surface area contributed by atoms with Crippen LogP contribution in [0.4, 0.5) is 0 Å². The molecule has 0 aromatic carbocycles. The van der Waals surface area contributed by atoms with Crippen molar-refractivity contribution in [3.8, 4) is 0 Å². The summed E-state index contributed by atoms with van der Waals surface area (Å²) in [5.74, 6) is 0. The molecule has 2 heterocycles. The van der Waals surface area contributed by atoms with Crippen LogP contribution in [0.5, 0.6) is 0 Å². The molecule has 0 bridgehead atoms. The minimum absolute atomic E-state index is 0.124. The normalized spacial score (nSPS) is 11.3. The van der Waals surface area contributed by atoms with Crippen LogP contribution in [-0.2, 0) is 6.54 Å². The third-order valence-corrected chi connectivity index (χ3v) is 4.80. The van der Waals surface area contributed by atoms with E-state index in [1.807, 2.05) is 12.3 Å². The number of aryl methyl sites for hydroxylation is 2. The summed E-state index contributed by atoms with van der Waals surface area (Å²) < 4.78 is 2.57. The van der Waals surface area contributed by atoms with Crippen LogP contribution in [-0.4, -0.2) is 9.55 Å². The van der Waals surface area contributed by atoms with Gasteiger partial charge in [0.25, 0.3) is 5.56 Å². The molecule has 0 aliphatic heterocycles. The molecule has 0 aliphatic carbocycles. The molecule has 3 nitrogen and oxygen atoms in total. The van der Waals surface area contributed by atoms with E-state index in [0.717, 1.165) is 28.7 Å². The highest BCUT2D eigenvalue weighted by atomic mass is 32.1. The summed E-state index contributed by atoms with van der Waals surface area (Å²) in [7, 11) is 0. The minimum Gasteiger partial charge on any atom is -0.298 e. The molecule has 2 rings (SSSR count). The van der Waals surface area contributed by atoms with Crippen molar-refractivity contribution in [2.24, 2.45) is 0 Å². The third-order valence-electron chi connectivity index (χ3n) is 3.73. The zero-order chi connectivity index (χ0) is 14.4. The van der Waals surface area contributed by atoms with E-state index in [1.165, 1.54) is 49.9 Å². The molecule has 0 atom stereocenters. The van der Waals surface area contributed by atoms with Crippen molar-refractivity contribution in [1.29, 1.82) is 0 Å². The Balaban J connectivity index is 1.84. The fourth-order valence-corrected chi connectivity index (χ4v) is 3.41. The summed E-state index contributed by atoms with van der Waals surface area (Å²) in [6.07, 6.45) is 10.6. The van der Waals surface area contributed by atoms with Gasteiger partial charge in [0.2, 0.25) is 0 Å². The monoisotopic (exact) mass is 292 g/mol. The molecular formula is C16H24N2OS. The molecule has 0 unspecified atom stereocenters. The fourth-order valence-electron chi connectivity index (χ4n) is 2.46. The number of rotatable bonds is 8. The Labute approximate surface area is 124 Å². The quantitative estimate of drug-likeness (QED) is 0.671. The highest BCUT2D eigenvalue weighted by Gasteiger charge is 2.07. The second kappa shape index (κ2) is 7.58. The van der Waals surface area contributed by atoms with Gasteiger partial charge in [-0.25, -0.2) is 4.98 Å². The summed E-state index contributed by atoms with van der Waals surface area (Å²) in [5, 5.41) is 2.01. The molecule has 4 heteroatoms. The first-order valence-corrected chi connectivity index (χ1v) is 8.55. The van der Waals surface area contributed by atoms with Crippen LogP contribution >= 0.6 is 11.3 Å². The lowest BCUT2D eigenvalue weighted by atomic mass is 10.1. The van der Waals surface area contributed by atoms with E-state index >= 15 is 0 Å². The van der Waals surface area contributed by atoms with Crippen molar-refractivity contribution < 1.29 is 0 Å². The van der Waals surface area contributed by atoms with E-state index < -0.39 is 0 Å². The second-order valence-electron chi connectivity index (χ2n) is 5.46. The molecule has 110 valence electrons. The zero-order valence-corrected chi connectivity index (χ0v) is 13.3. The van der Waals surface area contributed by atoms with Crippen LogP contribution < -0.4 is 5.56 Å². The molecule has 0 aliphatic rings. The second-order valence-corrected chi connectivity index (χ2v) is 6.34. The van der Waals surface area contributed by atoms with Crippen molar-refractivity contribution in [2.75, 3.05) is 0 Å². The van der Waals surface area contributed by atoms with Gasteiger partial charge in [0.1, 0.15) is 4.70 Å². The van der Waals surface area contributed by atoms with Crippen LogP contribution in [0.25, 0.3) is 10.2 Å². The van der Waals surface area contributed by atoms with Crippen LogP contribution in [0.3, 0.4) is 0 Å². The number of unbranched alkanes of at least 4 members (excludes halogenated alkanes) is 6. The average Bonchev–Trinajstić information content (AvgIpc) is 2.82. The Morgan fingerprint density at radius 2 is 1.85 bits per heavy atom. The molecule has 2 aromatic rings. The summed E-state index contributed by atoms with van der Waals surface area (Å²) in [5.41, 5.74) is 2.10. The Morgan fingerprint density at radius 3 is 2.60 bits per heavy atom. The summed E-state index contributed by atoms with van der Waals surface area (Å²) >= 11 is 1.51. The molecule has 2 aromatic heterocycles. The number of aromatic nitrogens is 2. The molecule has 0 saturated carbocycles. The average molecular weight is 292 g/mol. The molecule has 0 amide bonds. The number of hydrogen-bond acceptors (Lipinski definition) is 3. The first-order chi connectivity index (χ1) is 9.74. The van der Waals surface area contributed by atoms with Crippen molar-refractivity contribution in [3.63, 3.8) is 0 Å². The van der Waals surface area contributed by atoms with Crippen molar-refractivity contribution in [2.45, 2.75) is 65.3 Å². The lowest BCUT2D eigenvalue weighted by Gasteiger charge is -2.05. The van der Waals surface area contributed by atoms with E-state index in [9.17, 15) is 4.79 Å². The van der Waals surface area contributed by atoms with Gasteiger partial charge in [-0.15, -0.1) is 11.3 Å². The predicted molar refractivity (Wildman–Crippen MR) is 86.6 cm³/mol. The largest absolute Gasteiger partial charge is 0.298 e. The van der Waals surface area contributed by atoms with Crippen LogP contribution in [0.1, 0.15) is 57.4 Å². The van der Waals surface area contributed by atoms with E-state index in [2.05, 4.69) is 11.9 Å². The fraction of sp³-hybridized carbons (Fsp3) is 0.625.